The van der Waals surface area contributed by atoms with Gasteiger partial charge in [-0.15, -0.1) is 0 Å². The summed E-state index contributed by atoms with van der Waals surface area (Å²) in [6.07, 6.45) is 0.623. The molecule has 17 heavy (non-hydrogen) atoms. The molecule has 0 spiro atoms. The lowest BCUT2D eigenvalue weighted by atomic mass is 10.1. The Kier molecular flexibility index (Phi) is 5.56. The number of nitrogens with one attached hydrogen (secondary N) is 1. The highest BCUT2D eigenvalue weighted by molar-refractivity contribution is 9.10. The van der Waals surface area contributed by atoms with Gasteiger partial charge in [-0.25, -0.2) is 0 Å². The third-order valence-corrected chi connectivity index (χ3v) is 3.24. The highest BCUT2D eigenvalue weighted by atomic mass is 79.9. The number of carboxylic acid groups (broad SMARTS) is 1. The molecule has 94 valence electrons. The summed E-state index contributed by atoms with van der Waals surface area (Å²) < 4.78 is 0.802. The zero-order chi connectivity index (χ0) is 13.0. The molecule has 0 amide bonds. The summed E-state index contributed by atoms with van der Waals surface area (Å²) >= 11 is 15.4. The van der Waals surface area contributed by atoms with E-state index in [2.05, 4.69) is 21.2 Å². The molecule has 0 aliphatic heterocycles. The number of aliphatic carboxylic acids is 1. The second-order valence-corrected chi connectivity index (χ2v) is 5.45. The smallest absolute Gasteiger partial charge is 0.303 e. The summed E-state index contributed by atoms with van der Waals surface area (Å²) in [4.78, 5) is 10.4. The number of rotatable bonds is 5. The Labute approximate surface area is 118 Å². The molecule has 0 saturated carbocycles. The van der Waals surface area contributed by atoms with E-state index in [0.717, 1.165) is 4.47 Å². The molecular formula is C11H12BrCl2NO2. The maximum atomic E-state index is 10.4. The molecule has 0 heterocycles. The Morgan fingerprint density at radius 2 is 2.00 bits per heavy atom. The van der Waals surface area contributed by atoms with Crippen LogP contribution in [0.1, 0.15) is 19.8 Å². The van der Waals surface area contributed by atoms with E-state index in [9.17, 15) is 4.79 Å². The molecule has 0 aliphatic rings. The van der Waals surface area contributed by atoms with Gasteiger partial charge in [0.05, 0.1) is 15.7 Å². The zero-order valence-electron chi connectivity index (χ0n) is 9.14. The predicted molar refractivity (Wildman–Crippen MR) is 74.1 cm³/mol. The number of hydrogen-bond donors (Lipinski definition) is 2. The number of hydrogen-bond acceptors (Lipinski definition) is 2. The van der Waals surface area contributed by atoms with Crippen LogP contribution in [-0.4, -0.2) is 17.1 Å². The molecule has 0 aliphatic carbocycles. The van der Waals surface area contributed by atoms with Crippen LogP contribution in [0.15, 0.2) is 16.6 Å². The van der Waals surface area contributed by atoms with E-state index in [1.807, 2.05) is 6.92 Å². The third kappa shape index (κ3) is 4.74. The van der Waals surface area contributed by atoms with E-state index < -0.39 is 5.97 Å². The average Bonchev–Trinajstić information content (AvgIpc) is 2.20. The van der Waals surface area contributed by atoms with Gasteiger partial charge < -0.3 is 10.4 Å². The average molecular weight is 341 g/mol. The molecule has 1 atom stereocenters. The minimum atomic E-state index is -0.813. The first kappa shape index (κ1) is 14.6. The van der Waals surface area contributed by atoms with Crippen LogP contribution in [-0.2, 0) is 4.79 Å². The molecule has 1 aromatic rings. The van der Waals surface area contributed by atoms with Crippen LogP contribution >= 0.6 is 39.1 Å². The lowest BCUT2D eigenvalue weighted by molar-refractivity contribution is -0.137. The molecule has 1 rings (SSSR count). The fourth-order valence-electron chi connectivity index (χ4n) is 1.34. The zero-order valence-corrected chi connectivity index (χ0v) is 12.2. The van der Waals surface area contributed by atoms with Gasteiger partial charge in [-0.3, -0.25) is 4.79 Å². The molecule has 0 saturated heterocycles. The molecule has 0 bridgehead atoms. The highest BCUT2D eigenvalue weighted by Gasteiger charge is 2.11. The van der Waals surface area contributed by atoms with Gasteiger partial charge in [0.2, 0.25) is 0 Å². The van der Waals surface area contributed by atoms with Crippen molar-refractivity contribution < 1.29 is 9.90 Å². The van der Waals surface area contributed by atoms with E-state index >= 15 is 0 Å². The molecule has 2 N–H and O–H groups in total. The van der Waals surface area contributed by atoms with Gasteiger partial charge >= 0.3 is 5.97 Å². The first-order chi connectivity index (χ1) is 7.90. The molecule has 0 radical (unpaired) electrons. The van der Waals surface area contributed by atoms with Crippen molar-refractivity contribution in [2.24, 2.45) is 0 Å². The van der Waals surface area contributed by atoms with Gasteiger partial charge in [-0.1, -0.05) is 39.1 Å². The normalized spacial score (nSPS) is 12.2. The Morgan fingerprint density at radius 1 is 1.47 bits per heavy atom. The molecule has 6 heteroatoms. The van der Waals surface area contributed by atoms with Crippen LogP contribution in [0, 0.1) is 0 Å². The number of anilines is 1. The third-order valence-electron chi connectivity index (χ3n) is 2.19. The maximum Gasteiger partial charge on any atom is 0.303 e. The lowest BCUT2D eigenvalue weighted by Crippen LogP contribution is -2.17. The van der Waals surface area contributed by atoms with E-state index in [1.54, 1.807) is 12.1 Å². The minimum Gasteiger partial charge on any atom is -0.481 e. The number of carboxylic acids is 1. The number of benzene rings is 1. The first-order valence-electron chi connectivity index (χ1n) is 5.03. The van der Waals surface area contributed by atoms with E-state index in [0.29, 0.717) is 22.2 Å². The van der Waals surface area contributed by atoms with Crippen LogP contribution in [0.4, 0.5) is 5.69 Å². The molecular weight excluding hydrogens is 329 g/mol. The van der Waals surface area contributed by atoms with Crippen LogP contribution < -0.4 is 5.32 Å². The van der Waals surface area contributed by atoms with E-state index in [4.69, 9.17) is 28.3 Å². The SMILES string of the molecule is CC(CCC(=O)O)Nc1c(Cl)cc(Br)cc1Cl. The van der Waals surface area contributed by atoms with Crippen LogP contribution in [0.2, 0.25) is 10.0 Å². The number of halogens is 3. The van der Waals surface area contributed by atoms with Crippen LogP contribution in [0.3, 0.4) is 0 Å². The van der Waals surface area contributed by atoms with Crippen molar-refractivity contribution in [2.45, 2.75) is 25.8 Å². The maximum absolute atomic E-state index is 10.4. The fourth-order valence-corrected chi connectivity index (χ4v) is 2.66. The molecule has 0 aromatic heterocycles. The van der Waals surface area contributed by atoms with Crippen molar-refractivity contribution >= 4 is 50.8 Å². The molecule has 3 nitrogen and oxygen atoms in total. The first-order valence-corrected chi connectivity index (χ1v) is 6.58. The second kappa shape index (κ2) is 6.47. The topological polar surface area (TPSA) is 49.3 Å². The largest absolute Gasteiger partial charge is 0.481 e. The van der Waals surface area contributed by atoms with Crippen LogP contribution in [0.5, 0.6) is 0 Å². The summed E-state index contributed by atoms with van der Waals surface area (Å²) in [6, 6.07) is 3.46. The Balaban J connectivity index is 2.71. The van der Waals surface area contributed by atoms with Gasteiger partial charge in [-0.2, -0.15) is 0 Å². The highest BCUT2D eigenvalue weighted by Crippen LogP contribution is 2.34. The summed E-state index contributed by atoms with van der Waals surface area (Å²) in [5.74, 6) is -0.813. The molecule has 1 aromatic carbocycles. The summed E-state index contributed by atoms with van der Waals surface area (Å²) in [5, 5.41) is 12.7. The molecule has 0 fully saturated rings. The van der Waals surface area contributed by atoms with E-state index in [1.165, 1.54) is 0 Å². The number of carbonyl (C=O) groups is 1. The standard InChI is InChI=1S/C11H12BrCl2NO2/c1-6(2-3-10(16)17)15-11-8(13)4-7(12)5-9(11)14/h4-6,15H,2-3H2,1H3,(H,16,17). The van der Waals surface area contributed by atoms with Crippen molar-refractivity contribution in [2.75, 3.05) is 5.32 Å². The fraction of sp³-hybridized carbons (Fsp3) is 0.364. The predicted octanol–water partition coefficient (Wildman–Crippen LogP) is 4.42. The van der Waals surface area contributed by atoms with Gasteiger partial charge in [-0.05, 0) is 25.5 Å². The Hall–Kier alpha value is -0.450. The van der Waals surface area contributed by atoms with Crippen molar-refractivity contribution in [3.05, 3.63) is 26.7 Å². The summed E-state index contributed by atoms with van der Waals surface area (Å²) in [6.45, 7) is 1.89. The van der Waals surface area contributed by atoms with Crippen molar-refractivity contribution in [1.82, 2.24) is 0 Å². The van der Waals surface area contributed by atoms with E-state index in [-0.39, 0.29) is 12.5 Å². The lowest BCUT2D eigenvalue weighted by Gasteiger charge is -2.17. The minimum absolute atomic E-state index is 0.0118. The summed E-state index contributed by atoms with van der Waals surface area (Å²) in [7, 11) is 0. The van der Waals surface area contributed by atoms with Crippen LogP contribution in [0.25, 0.3) is 0 Å². The molecule has 1 unspecified atom stereocenters. The van der Waals surface area contributed by atoms with Gasteiger partial charge in [0.1, 0.15) is 0 Å². The van der Waals surface area contributed by atoms with Crippen molar-refractivity contribution in [3.8, 4) is 0 Å². The van der Waals surface area contributed by atoms with Gasteiger partial charge in [0, 0.05) is 16.9 Å². The van der Waals surface area contributed by atoms with Gasteiger partial charge in [0.15, 0.2) is 0 Å². The second-order valence-electron chi connectivity index (χ2n) is 3.72. The van der Waals surface area contributed by atoms with Crippen molar-refractivity contribution in [3.63, 3.8) is 0 Å². The monoisotopic (exact) mass is 339 g/mol. The quantitative estimate of drug-likeness (QED) is 0.834. The van der Waals surface area contributed by atoms with Gasteiger partial charge in [0.25, 0.3) is 0 Å². The van der Waals surface area contributed by atoms with Crippen molar-refractivity contribution in [1.29, 1.82) is 0 Å². The Morgan fingerprint density at radius 3 is 2.47 bits per heavy atom. The Bertz CT molecular complexity index is 403. The summed E-state index contributed by atoms with van der Waals surface area (Å²) in [5.41, 5.74) is 0.634.